The minimum Gasteiger partial charge on any atom is -0.351 e. The number of nitrogens with zero attached hydrogens (tertiary/aromatic N) is 5. The number of anilines is 1. The Morgan fingerprint density at radius 3 is 2.57 bits per heavy atom. The maximum absolute atomic E-state index is 11.5. The summed E-state index contributed by atoms with van der Waals surface area (Å²) in [6, 6.07) is 1.83. The molecular formula is C13H23N7O. The minimum absolute atomic E-state index is 0.0186. The van der Waals surface area contributed by atoms with Gasteiger partial charge in [0.2, 0.25) is 11.9 Å². The molecule has 0 aliphatic carbocycles. The van der Waals surface area contributed by atoms with E-state index >= 15 is 0 Å². The largest absolute Gasteiger partial charge is 0.351 e. The highest BCUT2D eigenvalue weighted by Gasteiger charge is 2.06. The van der Waals surface area contributed by atoms with Crippen molar-refractivity contribution in [3.8, 4) is 0 Å². The van der Waals surface area contributed by atoms with Crippen LogP contribution in [-0.4, -0.2) is 68.5 Å². The third kappa shape index (κ3) is 5.64. The van der Waals surface area contributed by atoms with Crippen molar-refractivity contribution in [1.82, 2.24) is 25.5 Å². The molecule has 0 aromatic carbocycles. The van der Waals surface area contributed by atoms with E-state index < -0.39 is 0 Å². The van der Waals surface area contributed by atoms with E-state index in [1.54, 1.807) is 27.3 Å². The summed E-state index contributed by atoms with van der Waals surface area (Å²) in [4.78, 5) is 27.5. The Hall–Kier alpha value is -2.38. The Balaban J connectivity index is 2.52. The molecule has 0 aliphatic rings. The first-order chi connectivity index (χ1) is 9.93. The molecule has 0 atom stereocenters. The Bertz CT molecular complexity index is 499. The third-order valence-corrected chi connectivity index (χ3v) is 2.67. The van der Waals surface area contributed by atoms with Crippen molar-refractivity contribution in [3.63, 3.8) is 0 Å². The predicted octanol–water partition coefficient (Wildman–Crippen LogP) is -0.704. The van der Waals surface area contributed by atoms with Gasteiger partial charge in [-0.2, -0.15) is 0 Å². The van der Waals surface area contributed by atoms with Gasteiger partial charge in [-0.15, -0.1) is 0 Å². The number of likely N-dealkylation sites (N-methyl/N-ethyl adjacent to an activating group) is 1. The summed E-state index contributed by atoms with van der Waals surface area (Å²) in [5, 5.41) is 6.06. The molecule has 8 nitrogen and oxygen atoms in total. The molecule has 1 amide bonds. The van der Waals surface area contributed by atoms with Crippen LogP contribution in [0.2, 0.25) is 0 Å². The zero-order valence-corrected chi connectivity index (χ0v) is 13.2. The van der Waals surface area contributed by atoms with Crippen LogP contribution in [0.4, 0.5) is 5.95 Å². The van der Waals surface area contributed by atoms with Crippen molar-refractivity contribution in [2.24, 2.45) is 4.99 Å². The van der Waals surface area contributed by atoms with E-state index in [1.807, 2.05) is 25.1 Å². The topological polar surface area (TPSA) is 85.8 Å². The quantitative estimate of drug-likeness (QED) is 0.551. The second kappa shape index (κ2) is 8.03. The predicted molar refractivity (Wildman–Crippen MR) is 83.3 cm³/mol. The van der Waals surface area contributed by atoms with Gasteiger partial charge in [0, 0.05) is 41.4 Å². The SMILES string of the molecule is CN=C(NCC(=O)N(C)C)NCc1ccnc(N(C)C)n1. The number of rotatable bonds is 5. The van der Waals surface area contributed by atoms with Gasteiger partial charge in [-0.25, -0.2) is 9.97 Å². The van der Waals surface area contributed by atoms with Crippen molar-refractivity contribution >= 4 is 17.8 Å². The minimum atomic E-state index is -0.0186. The molecule has 8 heteroatoms. The van der Waals surface area contributed by atoms with Gasteiger partial charge in [-0.3, -0.25) is 9.79 Å². The number of guanidine groups is 1. The smallest absolute Gasteiger partial charge is 0.241 e. The number of carbonyl (C=O) groups is 1. The second-order valence-electron chi connectivity index (χ2n) is 4.81. The van der Waals surface area contributed by atoms with Crippen LogP contribution < -0.4 is 15.5 Å². The lowest BCUT2D eigenvalue weighted by Gasteiger charge is -2.15. The van der Waals surface area contributed by atoms with Gasteiger partial charge in [-0.05, 0) is 6.07 Å². The van der Waals surface area contributed by atoms with Crippen LogP contribution in [0.15, 0.2) is 17.3 Å². The van der Waals surface area contributed by atoms with Crippen LogP contribution in [0.3, 0.4) is 0 Å². The molecule has 21 heavy (non-hydrogen) atoms. The molecule has 0 saturated heterocycles. The van der Waals surface area contributed by atoms with Gasteiger partial charge >= 0.3 is 0 Å². The van der Waals surface area contributed by atoms with E-state index in [4.69, 9.17) is 0 Å². The molecule has 0 unspecified atom stereocenters. The van der Waals surface area contributed by atoms with Gasteiger partial charge in [0.1, 0.15) is 0 Å². The standard InChI is InChI=1S/C13H23N7O/c1-14-12(17-9-11(21)19(2)3)16-8-10-6-7-15-13(18-10)20(4)5/h6-7H,8-9H2,1-5H3,(H2,14,16,17). The lowest BCUT2D eigenvalue weighted by atomic mass is 10.4. The lowest BCUT2D eigenvalue weighted by Crippen LogP contribution is -2.42. The molecule has 2 N–H and O–H groups in total. The number of nitrogens with one attached hydrogen (secondary N) is 2. The van der Waals surface area contributed by atoms with E-state index in [1.165, 1.54) is 4.90 Å². The molecule has 0 spiro atoms. The summed E-state index contributed by atoms with van der Waals surface area (Å²) in [5.41, 5.74) is 0.843. The second-order valence-corrected chi connectivity index (χ2v) is 4.81. The van der Waals surface area contributed by atoms with Crippen LogP contribution in [0.5, 0.6) is 0 Å². The monoisotopic (exact) mass is 293 g/mol. The molecule has 0 saturated carbocycles. The third-order valence-electron chi connectivity index (χ3n) is 2.67. The zero-order valence-electron chi connectivity index (χ0n) is 13.2. The number of hydrogen-bond donors (Lipinski definition) is 2. The first-order valence-electron chi connectivity index (χ1n) is 6.58. The van der Waals surface area contributed by atoms with E-state index in [9.17, 15) is 4.79 Å². The Kier molecular flexibility index (Phi) is 6.38. The average molecular weight is 293 g/mol. The van der Waals surface area contributed by atoms with Crippen molar-refractivity contribution in [2.75, 3.05) is 46.7 Å². The van der Waals surface area contributed by atoms with Gasteiger partial charge < -0.3 is 20.4 Å². The first-order valence-corrected chi connectivity index (χ1v) is 6.58. The molecular weight excluding hydrogens is 270 g/mol. The maximum Gasteiger partial charge on any atom is 0.241 e. The lowest BCUT2D eigenvalue weighted by molar-refractivity contribution is -0.127. The van der Waals surface area contributed by atoms with Crippen LogP contribution in [0.1, 0.15) is 5.69 Å². The number of aromatic nitrogens is 2. The normalized spacial score (nSPS) is 11.0. The fraction of sp³-hybridized carbons (Fsp3) is 0.538. The highest BCUT2D eigenvalue weighted by Crippen LogP contribution is 2.02. The van der Waals surface area contributed by atoms with Gasteiger partial charge in [0.15, 0.2) is 5.96 Å². The number of hydrogen-bond acceptors (Lipinski definition) is 5. The molecule has 1 rings (SSSR count). The first kappa shape index (κ1) is 16.7. The highest BCUT2D eigenvalue weighted by atomic mass is 16.2. The summed E-state index contributed by atoms with van der Waals surface area (Å²) in [7, 11) is 8.86. The van der Waals surface area contributed by atoms with Crippen LogP contribution in [0.25, 0.3) is 0 Å². The van der Waals surface area contributed by atoms with E-state index in [2.05, 4.69) is 25.6 Å². The molecule has 1 aromatic rings. The van der Waals surface area contributed by atoms with Gasteiger partial charge in [0.25, 0.3) is 0 Å². The van der Waals surface area contributed by atoms with E-state index in [0.717, 1.165) is 5.69 Å². The summed E-state index contributed by atoms with van der Waals surface area (Å²) >= 11 is 0. The number of aliphatic imine (C=N–C) groups is 1. The molecule has 0 bridgehead atoms. The summed E-state index contributed by atoms with van der Waals surface area (Å²) in [5.74, 6) is 1.19. The van der Waals surface area contributed by atoms with Crippen LogP contribution in [-0.2, 0) is 11.3 Å². The molecule has 0 radical (unpaired) electrons. The molecule has 116 valence electrons. The fourth-order valence-electron chi connectivity index (χ4n) is 1.41. The fourth-order valence-corrected chi connectivity index (χ4v) is 1.41. The number of amides is 1. The Labute approximate surface area is 125 Å². The van der Waals surface area contributed by atoms with Crippen molar-refractivity contribution in [1.29, 1.82) is 0 Å². The number of carbonyl (C=O) groups excluding carboxylic acids is 1. The summed E-state index contributed by atoms with van der Waals surface area (Å²) in [6.07, 6.45) is 1.71. The van der Waals surface area contributed by atoms with E-state index in [-0.39, 0.29) is 12.5 Å². The van der Waals surface area contributed by atoms with Crippen LogP contribution >= 0.6 is 0 Å². The molecule has 0 fully saturated rings. The highest BCUT2D eigenvalue weighted by molar-refractivity contribution is 5.86. The molecule has 1 heterocycles. The molecule has 1 aromatic heterocycles. The zero-order chi connectivity index (χ0) is 15.8. The average Bonchev–Trinajstić information content (AvgIpc) is 2.47. The maximum atomic E-state index is 11.5. The Morgan fingerprint density at radius 2 is 2.00 bits per heavy atom. The molecule has 0 aliphatic heterocycles. The summed E-state index contributed by atoms with van der Waals surface area (Å²) < 4.78 is 0. The van der Waals surface area contributed by atoms with Gasteiger partial charge in [-0.1, -0.05) is 0 Å². The van der Waals surface area contributed by atoms with Gasteiger partial charge in [0.05, 0.1) is 18.8 Å². The van der Waals surface area contributed by atoms with Crippen molar-refractivity contribution < 1.29 is 4.79 Å². The summed E-state index contributed by atoms with van der Waals surface area (Å²) in [6.45, 7) is 0.693. The Morgan fingerprint density at radius 1 is 1.29 bits per heavy atom. The van der Waals surface area contributed by atoms with E-state index in [0.29, 0.717) is 18.5 Å². The van der Waals surface area contributed by atoms with Crippen molar-refractivity contribution in [3.05, 3.63) is 18.0 Å². The van der Waals surface area contributed by atoms with Crippen LogP contribution in [0, 0.1) is 0 Å². The van der Waals surface area contributed by atoms with Crippen molar-refractivity contribution in [2.45, 2.75) is 6.54 Å².